The summed E-state index contributed by atoms with van der Waals surface area (Å²) in [5.41, 5.74) is -0.742. The average Bonchev–Trinajstić information content (AvgIpc) is 2.36. The molecule has 1 aliphatic rings. The second kappa shape index (κ2) is 7.79. The molecular weight excluding hydrogens is 290 g/mol. The minimum Gasteiger partial charge on any atom is -0.481 e. The van der Waals surface area contributed by atoms with Crippen molar-refractivity contribution in [2.24, 2.45) is 0 Å². The van der Waals surface area contributed by atoms with Gasteiger partial charge in [-0.3, -0.25) is 9.59 Å². The molecule has 20 heavy (non-hydrogen) atoms. The first-order valence-electron chi connectivity index (χ1n) is 6.09. The van der Waals surface area contributed by atoms with Crippen molar-refractivity contribution in [1.29, 1.82) is 0 Å². The largest absolute Gasteiger partial charge is 0.481 e. The van der Waals surface area contributed by atoms with Gasteiger partial charge in [-0.05, 0) is 0 Å². The van der Waals surface area contributed by atoms with Crippen molar-refractivity contribution in [3.8, 4) is 0 Å². The van der Waals surface area contributed by atoms with Crippen LogP contribution in [0.4, 0.5) is 0 Å². The van der Waals surface area contributed by atoms with Crippen molar-refractivity contribution in [1.82, 2.24) is 5.32 Å². The Balaban J connectivity index is 2.72. The number of carboxylic acids is 1. The zero-order chi connectivity index (χ0) is 15.3. The quantitative estimate of drug-likeness (QED) is 0.385. The van der Waals surface area contributed by atoms with E-state index in [1.165, 1.54) is 6.92 Å². The molecular formula is C11H19NO7S. The third-order valence-corrected chi connectivity index (χ3v) is 4.02. The maximum Gasteiger partial charge on any atom is 0.304 e. The van der Waals surface area contributed by atoms with E-state index in [4.69, 9.17) is 14.9 Å². The van der Waals surface area contributed by atoms with Gasteiger partial charge < -0.3 is 30.5 Å². The Labute approximate surface area is 120 Å². The number of carboxylic acid groups (broad SMARTS) is 1. The number of hydrogen-bond donors (Lipinski definition) is 5. The standard InChI is InChI=1S/C11H19NO7S/c1-5(14)12-8-10(18)9(17)6(4-13)19-11(8)20-3-2-7(15)16/h6,8-11,13,17-18H,2-4H2,1H3,(H,12,14)(H,15,16)/t6-,8-,9-,10-,11-/m1/s1. The Bertz CT molecular complexity index is 354. The first-order valence-corrected chi connectivity index (χ1v) is 7.14. The van der Waals surface area contributed by atoms with Gasteiger partial charge in [-0.25, -0.2) is 0 Å². The second-order valence-corrected chi connectivity index (χ2v) is 5.65. The van der Waals surface area contributed by atoms with Gasteiger partial charge in [0.25, 0.3) is 0 Å². The molecule has 0 bridgehead atoms. The molecule has 0 aromatic carbocycles. The van der Waals surface area contributed by atoms with Crippen LogP contribution in [0.2, 0.25) is 0 Å². The molecule has 0 unspecified atom stereocenters. The highest BCUT2D eigenvalue weighted by molar-refractivity contribution is 7.99. The first-order chi connectivity index (χ1) is 9.36. The molecule has 1 amide bonds. The molecule has 1 rings (SSSR count). The number of ether oxygens (including phenoxy) is 1. The summed E-state index contributed by atoms with van der Waals surface area (Å²) in [6, 6.07) is -0.871. The van der Waals surface area contributed by atoms with Gasteiger partial charge in [0, 0.05) is 12.7 Å². The van der Waals surface area contributed by atoms with Crippen LogP contribution in [-0.4, -0.2) is 74.5 Å². The molecule has 9 heteroatoms. The van der Waals surface area contributed by atoms with Crippen LogP contribution in [0.15, 0.2) is 0 Å². The average molecular weight is 309 g/mol. The van der Waals surface area contributed by atoms with Gasteiger partial charge in [-0.15, -0.1) is 11.8 Å². The van der Waals surface area contributed by atoms with Crippen LogP contribution < -0.4 is 5.32 Å². The lowest BCUT2D eigenvalue weighted by Gasteiger charge is -2.42. The van der Waals surface area contributed by atoms with Crippen molar-refractivity contribution >= 4 is 23.6 Å². The van der Waals surface area contributed by atoms with Gasteiger partial charge >= 0.3 is 5.97 Å². The molecule has 0 aliphatic carbocycles. The summed E-state index contributed by atoms with van der Waals surface area (Å²) in [6.45, 7) is 0.775. The summed E-state index contributed by atoms with van der Waals surface area (Å²) in [5.74, 6) is -1.16. The maximum atomic E-state index is 11.1. The van der Waals surface area contributed by atoms with E-state index < -0.39 is 48.3 Å². The van der Waals surface area contributed by atoms with Gasteiger partial charge in [-0.2, -0.15) is 0 Å². The monoisotopic (exact) mass is 309 g/mol. The van der Waals surface area contributed by atoms with Crippen molar-refractivity contribution in [2.45, 2.75) is 43.1 Å². The molecule has 5 atom stereocenters. The lowest BCUT2D eigenvalue weighted by atomic mass is 9.98. The number of carbonyl (C=O) groups excluding carboxylic acids is 1. The molecule has 0 radical (unpaired) electrons. The van der Waals surface area contributed by atoms with Crippen molar-refractivity contribution in [3.63, 3.8) is 0 Å². The van der Waals surface area contributed by atoms with Gasteiger partial charge in [0.05, 0.1) is 19.1 Å². The van der Waals surface area contributed by atoms with Crippen LogP contribution in [0.3, 0.4) is 0 Å². The molecule has 1 fully saturated rings. The van der Waals surface area contributed by atoms with Crippen molar-refractivity contribution in [3.05, 3.63) is 0 Å². The smallest absolute Gasteiger partial charge is 0.304 e. The van der Waals surface area contributed by atoms with E-state index in [0.717, 1.165) is 11.8 Å². The van der Waals surface area contributed by atoms with Crippen LogP contribution >= 0.6 is 11.8 Å². The molecule has 1 saturated heterocycles. The lowest BCUT2D eigenvalue weighted by molar-refractivity contribution is -0.173. The molecule has 0 aromatic heterocycles. The van der Waals surface area contributed by atoms with Crippen molar-refractivity contribution < 1.29 is 34.8 Å². The number of aliphatic carboxylic acids is 1. The molecule has 1 aliphatic heterocycles. The van der Waals surface area contributed by atoms with Crippen LogP contribution in [0.5, 0.6) is 0 Å². The maximum absolute atomic E-state index is 11.1. The Morgan fingerprint density at radius 1 is 1.30 bits per heavy atom. The number of rotatable bonds is 6. The molecule has 116 valence electrons. The van der Waals surface area contributed by atoms with E-state index in [2.05, 4.69) is 5.32 Å². The number of thioether (sulfide) groups is 1. The normalized spacial score (nSPS) is 33.7. The minimum atomic E-state index is -1.33. The molecule has 0 saturated carbocycles. The Hall–Kier alpha value is -0.870. The molecule has 1 heterocycles. The Kier molecular flexibility index (Phi) is 6.69. The third kappa shape index (κ3) is 4.60. The third-order valence-electron chi connectivity index (χ3n) is 2.85. The molecule has 5 N–H and O–H groups in total. The number of hydrogen-bond acceptors (Lipinski definition) is 7. The summed E-state index contributed by atoms with van der Waals surface area (Å²) in [4.78, 5) is 21.6. The van der Waals surface area contributed by atoms with E-state index in [9.17, 15) is 19.8 Å². The fraction of sp³-hybridized carbons (Fsp3) is 0.818. The van der Waals surface area contributed by atoms with E-state index in [0.29, 0.717) is 0 Å². The number of aliphatic hydroxyl groups is 3. The van der Waals surface area contributed by atoms with E-state index >= 15 is 0 Å². The van der Waals surface area contributed by atoms with Crippen LogP contribution in [0, 0.1) is 0 Å². The first kappa shape index (κ1) is 17.2. The highest BCUT2D eigenvalue weighted by Gasteiger charge is 2.44. The van der Waals surface area contributed by atoms with Crippen LogP contribution in [0.25, 0.3) is 0 Å². The Morgan fingerprint density at radius 2 is 1.95 bits per heavy atom. The number of carbonyl (C=O) groups is 2. The summed E-state index contributed by atoms with van der Waals surface area (Å²) >= 11 is 1.10. The number of amides is 1. The summed E-state index contributed by atoms with van der Waals surface area (Å²) < 4.78 is 5.41. The van der Waals surface area contributed by atoms with E-state index in [1.807, 2.05) is 0 Å². The van der Waals surface area contributed by atoms with Gasteiger partial charge in [-0.1, -0.05) is 0 Å². The summed E-state index contributed by atoms with van der Waals surface area (Å²) in [5, 5.41) is 39.9. The van der Waals surface area contributed by atoms with E-state index in [1.54, 1.807) is 0 Å². The fourth-order valence-electron chi connectivity index (χ4n) is 1.88. The molecule has 0 aromatic rings. The lowest BCUT2D eigenvalue weighted by Crippen LogP contribution is -2.63. The molecule has 8 nitrogen and oxygen atoms in total. The zero-order valence-electron chi connectivity index (χ0n) is 10.9. The van der Waals surface area contributed by atoms with Crippen LogP contribution in [0.1, 0.15) is 13.3 Å². The summed E-state index contributed by atoms with van der Waals surface area (Å²) in [7, 11) is 0. The molecule has 0 spiro atoms. The van der Waals surface area contributed by atoms with Gasteiger partial charge in [0.1, 0.15) is 23.7 Å². The highest BCUT2D eigenvalue weighted by atomic mass is 32.2. The number of aliphatic hydroxyl groups excluding tert-OH is 3. The second-order valence-electron chi connectivity index (χ2n) is 4.45. The predicted molar refractivity (Wildman–Crippen MR) is 70.1 cm³/mol. The van der Waals surface area contributed by atoms with E-state index in [-0.39, 0.29) is 12.2 Å². The van der Waals surface area contributed by atoms with Gasteiger partial charge in [0.2, 0.25) is 5.91 Å². The predicted octanol–water partition coefficient (Wildman–Crippen LogP) is -1.86. The highest BCUT2D eigenvalue weighted by Crippen LogP contribution is 2.28. The summed E-state index contributed by atoms with van der Waals surface area (Å²) in [6.07, 6.45) is -3.70. The zero-order valence-corrected chi connectivity index (χ0v) is 11.7. The van der Waals surface area contributed by atoms with Crippen molar-refractivity contribution in [2.75, 3.05) is 12.4 Å². The van der Waals surface area contributed by atoms with Gasteiger partial charge in [0.15, 0.2) is 0 Å². The Morgan fingerprint density at radius 3 is 2.45 bits per heavy atom. The topological polar surface area (TPSA) is 136 Å². The minimum absolute atomic E-state index is 0.0975. The SMILES string of the molecule is CC(=O)N[C@@H]1[C@@H](O)[C@H](O)[C@@H](CO)O[C@@H]1SCCC(=O)O. The van der Waals surface area contributed by atoms with Crippen LogP contribution in [-0.2, 0) is 14.3 Å². The fourth-order valence-corrected chi connectivity index (χ4v) is 3.06. The number of nitrogens with one attached hydrogen (secondary N) is 1.